The van der Waals surface area contributed by atoms with Gasteiger partial charge in [-0.1, -0.05) is 60.2 Å². The molecule has 3 rings (SSSR count). The van der Waals surface area contributed by atoms with Crippen LogP contribution >= 0.6 is 23.2 Å². The lowest BCUT2D eigenvalue weighted by Crippen LogP contribution is -2.02. The highest BCUT2D eigenvalue weighted by molar-refractivity contribution is 6.36. The maximum atomic E-state index is 11.3. The van der Waals surface area contributed by atoms with Crippen LogP contribution in [0.2, 0.25) is 10.0 Å². The second kappa shape index (κ2) is 15.8. The van der Waals surface area contributed by atoms with Crippen LogP contribution in [0, 0.1) is 0 Å². The quantitative estimate of drug-likeness (QED) is 0.103. The molecule has 0 radical (unpaired) electrons. The number of carbonyl (C=O) groups excluding carboxylic acids is 1. The molecule has 0 unspecified atom stereocenters. The van der Waals surface area contributed by atoms with Gasteiger partial charge in [0.15, 0.2) is 0 Å². The van der Waals surface area contributed by atoms with Crippen LogP contribution in [0.4, 0.5) is 0 Å². The third kappa shape index (κ3) is 9.18. The monoisotopic (exact) mass is 580 g/mol. The van der Waals surface area contributed by atoms with Crippen LogP contribution in [0.1, 0.15) is 31.5 Å². The fraction of sp³-hybridized carbons (Fsp3) is 0.250. The molecule has 40 heavy (non-hydrogen) atoms. The largest absolute Gasteiger partial charge is 0.501 e. The van der Waals surface area contributed by atoms with Crippen LogP contribution in [-0.4, -0.2) is 36.3 Å². The molecule has 1 aliphatic rings. The fourth-order valence-corrected chi connectivity index (χ4v) is 4.36. The molecule has 0 aliphatic heterocycles. The van der Waals surface area contributed by atoms with Crippen molar-refractivity contribution in [2.24, 2.45) is 7.05 Å². The molecule has 0 saturated heterocycles. The lowest BCUT2D eigenvalue weighted by Gasteiger charge is -2.08. The van der Waals surface area contributed by atoms with Gasteiger partial charge < -0.3 is 18.8 Å². The van der Waals surface area contributed by atoms with Gasteiger partial charge in [0.2, 0.25) is 0 Å². The average Bonchev–Trinajstić information content (AvgIpc) is 3.14. The van der Waals surface area contributed by atoms with Crippen LogP contribution in [-0.2, 0) is 26.1 Å². The van der Waals surface area contributed by atoms with E-state index >= 15 is 0 Å². The number of methoxy groups -OCH3 is 2. The Kier molecular flexibility index (Phi) is 12.1. The van der Waals surface area contributed by atoms with Gasteiger partial charge in [0.1, 0.15) is 11.6 Å². The van der Waals surface area contributed by atoms with Crippen molar-refractivity contribution in [1.29, 1.82) is 0 Å². The van der Waals surface area contributed by atoms with Gasteiger partial charge in [-0.3, -0.25) is 4.79 Å². The molecular weight excluding hydrogens is 547 g/mol. The zero-order valence-corrected chi connectivity index (χ0v) is 24.5. The number of hydrogen-bond donors (Lipinski definition) is 0. The van der Waals surface area contributed by atoms with E-state index in [1.807, 2.05) is 66.4 Å². The minimum absolute atomic E-state index is 0.240. The summed E-state index contributed by atoms with van der Waals surface area (Å²) in [6.07, 6.45) is 21.9. The molecule has 2 aromatic rings. The predicted octanol–water partition coefficient (Wildman–Crippen LogP) is 8.18. The Balaban J connectivity index is 1.68. The van der Waals surface area contributed by atoms with Gasteiger partial charge in [-0.05, 0) is 66.5 Å². The summed E-state index contributed by atoms with van der Waals surface area (Å²) in [7, 11) is 4.97. The second-order valence-corrected chi connectivity index (χ2v) is 9.71. The molecule has 0 fully saturated rings. The van der Waals surface area contributed by atoms with Crippen molar-refractivity contribution >= 4 is 35.2 Å². The van der Waals surface area contributed by atoms with E-state index < -0.39 is 0 Å². The Hall–Kier alpha value is -3.74. The Labute approximate surface area is 246 Å². The summed E-state index contributed by atoms with van der Waals surface area (Å²) in [6, 6.07) is 5.37. The number of imidazole rings is 1. The zero-order chi connectivity index (χ0) is 28.9. The van der Waals surface area contributed by atoms with Gasteiger partial charge in [0.25, 0.3) is 0 Å². The van der Waals surface area contributed by atoms with Gasteiger partial charge in [-0.2, -0.15) is 0 Å². The van der Waals surface area contributed by atoms with Crippen molar-refractivity contribution in [3.05, 3.63) is 118 Å². The molecule has 0 amide bonds. The molecule has 1 aromatic carbocycles. The zero-order valence-electron chi connectivity index (χ0n) is 23.0. The maximum absolute atomic E-state index is 11.3. The Morgan fingerprint density at radius 1 is 1.20 bits per heavy atom. The van der Waals surface area contributed by atoms with Crippen LogP contribution in [0.3, 0.4) is 0 Å². The number of allylic oxidation sites excluding steroid dienone is 10. The van der Waals surface area contributed by atoms with Crippen LogP contribution in [0.5, 0.6) is 0 Å². The number of esters is 1. The first kappa shape index (κ1) is 30.8. The minimum Gasteiger partial charge on any atom is -0.501 e. The fourth-order valence-electron chi connectivity index (χ4n) is 3.86. The average molecular weight is 582 g/mol. The molecule has 0 saturated carbocycles. The van der Waals surface area contributed by atoms with E-state index in [-0.39, 0.29) is 5.97 Å². The van der Waals surface area contributed by atoms with Crippen molar-refractivity contribution in [1.82, 2.24) is 9.55 Å². The molecule has 210 valence electrons. The Bertz CT molecular complexity index is 1390. The van der Waals surface area contributed by atoms with Gasteiger partial charge in [-0.15, -0.1) is 0 Å². The first-order chi connectivity index (χ1) is 19.3. The Morgan fingerprint density at radius 3 is 2.75 bits per heavy atom. The van der Waals surface area contributed by atoms with Crippen LogP contribution in [0.15, 0.2) is 102 Å². The van der Waals surface area contributed by atoms with Crippen molar-refractivity contribution in [2.45, 2.75) is 25.7 Å². The van der Waals surface area contributed by atoms with E-state index in [1.165, 1.54) is 7.11 Å². The topological polar surface area (TPSA) is 62.6 Å². The summed E-state index contributed by atoms with van der Waals surface area (Å²) in [6.45, 7) is 4.42. The summed E-state index contributed by atoms with van der Waals surface area (Å²) >= 11 is 12.4. The number of aryl methyl sites for hydroxylation is 1. The number of carbonyl (C=O) groups is 1. The molecule has 0 atom stereocenters. The smallest absolute Gasteiger partial charge is 0.305 e. The van der Waals surface area contributed by atoms with Crippen molar-refractivity contribution in [3.63, 3.8) is 0 Å². The third-order valence-electron chi connectivity index (χ3n) is 6.04. The van der Waals surface area contributed by atoms with Gasteiger partial charge in [-0.25, -0.2) is 4.98 Å². The summed E-state index contributed by atoms with van der Waals surface area (Å²) in [5.41, 5.74) is 3.49. The van der Waals surface area contributed by atoms with Gasteiger partial charge in [0, 0.05) is 36.7 Å². The number of benzene rings is 1. The highest BCUT2D eigenvalue weighted by Crippen LogP contribution is 2.30. The first-order valence-electron chi connectivity index (χ1n) is 12.9. The molecular formula is C32H34Cl2N2O4. The van der Waals surface area contributed by atoms with E-state index in [9.17, 15) is 4.79 Å². The number of ether oxygens (including phenoxy) is 3. The predicted molar refractivity (Wildman–Crippen MR) is 163 cm³/mol. The van der Waals surface area contributed by atoms with E-state index in [0.29, 0.717) is 35.9 Å². The van der Waals surface area contributed by atoms with E-state index in [2.05, 4.69) is 17.4 Å². The maximum Gasteiger partial charge on any atom is 0.305 e. The number of rotatable bonds is 13. The standard InChI is InChI=1S/C32H34Cl2N2O4/c1-5-23(24-10-6-7-11-27(20-24)40-19-9-14-32(37)39-4)15-17-26(38-3)12-8-13-31-35-30(22-36(31)2)28-18-16-25(33)21-29(28)34/h5-6,8,10-11,13,15-18,20-22H,1,7,9,12,14,19H2,2-4H3/b13-8+,23-15+,26-17+. The van der Waals surface area contributed by atoms with Crippen molar-refractivity contribution in [3.8, 4) is 11.3 Å². The Morgan fingerprint density at radius 2 is 2.02 bits per heavy atom. The summed E-state index contributed by atoms with van der Waals surface area (Å²) < 4.78 is 18.1. The highest BCUT2D eigenvalue weighted by atomic mass is 35.5. The molecule has 0 spiro atoms. The summed E-state index contributed by atoms with van der Waals surface area (Å²) in [5.74, 6) is 2.08. The second-order valence-electron chi connectivity index (χ2n) is 8.86. The summed E-state index contributed by atoms with van der Waals surface area (Å²) in [5, 5.41) is 1.14. The van der Waals surface area contributed by atoms with E-state index in [1.54, 1.807) is 25.3 Å². The molecule has 0 bridgehead atoms. The molecule has 1 aliphatic carbocycles. The normalized spacial score (nSPS) is 14.0. The van der Waals surface area contributed by atoms with Crippen molar-refractivity contribution in [2.75, 3.05) is 20.8 Å². The number of nitrogens with zero attached hydrogens (tertiary/aromatic N) is 2. The first-order valence-corrected chi connectivity index (χ1v) is 13.6. The summed E-state index contributed by atoms with van der Waals surface area (Å²) in [4.78, 5) is 16.0. The van der Waals surface area contributed by atoms with E-state index in [4.69, 9.17) is 37.7 Å². The lowest BCUT2D eigenvalue weighted by molar-refractivity contribution is -0.140. The number of aromatic nitrogens is 2. The molecule has 8 heteroatoms. The van der Waals surface area contributed by atoms with Gasteiger partial charge in [0.05, 0.1) is 37.3 Å². The van der Waals surface area contributed by atoms with Crippen LogP contribution in [0.25, 0.3) is 17.3 Å². The molecule has 1 heterocycles. The SMILES string of the molecule is C=C/C(=C\C=C(/C/C=C/c1nc(-c2ccc(Cl)cc2Cl)cn1C)OC)C1=CC(OCCCC(=O)OC)=CCC=C1. The molecule has 1 aromatic heterocycles. The highest BCUT2D eigenvalue weighted by Gasteiger charge is 2.10. The number of halogens is 2. The number of hydrogen-bond acceptors (Lipinski definition) is 5. The minimum atomic E-state index is -0.240. The van der Waals surface area contributed by atoms with Crippen LogP contribution < -0.4 is 0 Å². The third-order valence-corrected chi connectivity index (χ3v) is 6.59. The van der Waals surface area contributed by atoms with E-state index in [0.717, 1.165) is 46.2 Å². The van der Waals surface area contributed by atoms with Crippen molar-refractivity contribution < 1.29 is 19.0 Å². The molecule has 0 N–H and O–H groups in total. The lowest BCUT2D eigenvalue weighted by atomic mass is 10.0. The molecule has 6 nitrogen and oxygen atoms in total. The van der Waals surface area contributed by atoms with Gasteiger partial charge >= 0.3 is 5.97 Å².